The highest BCUT2D eigenvalue weighted by Gasteiger charge is 2.49. The van der Waals surface area contributed by atoms with Crippen LogP contribution in [0.1, 0.15) is 75.7 Å². The van der Waals surface area contributed by atoms with E-state index in [1.807, 2.05) is 13.8 Å². The number of hydrogen-bond donors (Lipinski definition) is 3. The predicted octanol–water partition coefficient (Wildman–Crippen LogP) is 4.31. The summed E-state index contributed by atoms with van der Waals surface area (Å²) in [4.78, 5) is 44.8. The highest BCUT2D eigenvalue weighted by Crippen LogP contribution is 2.47. The summed E-state index contributed by atoms with van der Waals surface area (Å²) in [6.07, 6.45) is 6.63. The summed E-state index contributed by atoms with van der Waals surface area (Å²) < 4.78 is 5.45. The normalized spacial score (nSPS) is 24.4. The first-order valence-electron chi connectivity index (χ1n) is 13.7. The predicted molar refractivity (Wildman–Crippen MR) is 147 cm³/mol. The molecule has 3 heterocycles. The van der Waals surface area contributed by atoms with Gasteiger partial charge in [0.15, 0.2) is 0 Å². The van der Waals surface area contributed by atoms with Crippen LogP contribution >= 0.6 is 11.6 Å². The molecule has 5 rings (SSSR count). The molecule has 3 amide bonds. The Labute approximate surface area is 233 Å². The summed E-state index contributed by atoms with van der Waals surface area (Å²) in [6, 6.07) is 5.83. The first kappa shape index (κ1) is 27.3. The van der Waals surface area contributed by atoms with E-state index in [4.69, 9.17) is 16.3 Å². The lowest BCUT2D eigenvalue weighted by molar-refractivity contribution is -0.126. The minimum absolute atomic E-state index is 0.0961. The smallest absolute Gasteiger partial charge is 0.271 e. The van der Waals surface area contributed by atoms with Gasteiger partial charge in [0.2, 0.25) is 11.8 Å². The largest absolute Gasteiger partial charge is 0.496 e. The van der Waals surface area contributed by atoms with Crippen LogP contribution in [-0.2, 0) is 9.59 Å². The van der Waals surface area contributed by atoms with Crippen LogP contribution < -0.4 is 15.4 Å². The molecule has 1 aromatic carbocycles. The molecule has 1 aromatic heterocycles. The fourth-order valence-corrected chi connectivity index (χ4v) is 7.07. The second-order valence-electron chi connectivity index (χ2n) is 12.1. The Morgan fingerprint density at radius 1 is 1.26 bits per heavy atom. The molecule has 3 N–H and O–H groups in total. The molecule has 2 aliphatic heterocycles. The Balaban J connectivity index is 1.39. The molecule has 1 aliphatic carbocycles. The Morgan fingerprint density at radius 3 is 2.64 bits per heavy atom. The zero-order valence-electron chi connectivity index (χ0n) is 22.7. The van der Waals surface area contributed by atoms with Gasteiger partial charge in [0.25, 0.3) is 5.91 Å². The lowest BCUT2D eigenvalue weighted by Crippen LogP contribution is -2.49. The fraction of sp³-hybridized carbons (Fsp3) is 0.586. The zero-order valence-corrected chi connectivity index (χ0v) is 23.5. The van der Waals surface area contributed by atoms with Gasteiger partial charge in [-0.3, -0.25) is 14.4 Å². The second kappa shape index (κ2) is 10.4. The van der Waals surface area contributed by atoms with Crippen LogP contribution in [0, 0.1) is 22.7 Å². The third kappa shape index (κ3) is 5.31. The number of hydrogen-bond acceptors (Lipinski definition) is 5. The van der Waals surface area contributed by atoms with Crippen molar-refractivity contribution in [3.63, 3.8) is 0 Å². The van der Waals surface area contributed by atoms with Gasteiger partial charge in [-0.25, -0.2) is 0 Å². The minimum Gasteiger partial charge on any atom is -0.496 e. The average molecular weight is 554 g/mol. The number of nitrogens with one attached hydrogen (secondary N) is 3. The zero-order chi connectivity index (χ0) is 27.9. The Kier molecular flexibility index (Phi) is 7.27. The van der Waals surface area contributed by atoms with E-state index < -0.39 is 12.1 Å². The van der Waals surface area contributed by atoms with Gasteiger partial charge < -0.3 is 25.3 Å². The van der Waals surface area contributed by atoms with Crippen LogP contribution in [0.5, 0.6) is 5.75 Å². The van der Waals surface area contributed by atoms with Crippen molar-refractivity contribution in [2.24, 2.45) is 11.3 Å². The van der Waals surface area contributed by atoms with Crippen LogP contribution in [-0.4, -0.2) is 58.9 Å². The van der Waals surface area contributed by atoms with E-state index in [0.717, 1.165) is 32.1 Å². The van der Waals surface area contributed by atoms with Crippen LogP contribution in [0.25, 0.3) is 10.9 Å². The quantitative estimate of drug-likeness (QED) is 0.491. The maximum absolute atomic E-state index is 13.9. The third-order valence-electron chi connectivity index (χ3n) is 8.72. The van der Waals surface area contributed by atoms with Crippen molar-refractivity contribution in [1.82, 2.24) is 20.5 Å². The monoisotopic (exact) mass is 553 g/mol. The lowest BCUT2D eigenvalue weighted by atomic mass is 9.72. The van der Waals surface area contributed by atoms with Crippen molar-refractivity contribution >= 4 is 40.2 Å². The van der Waals surface area contributed by atoms with Crippen LogP contribution in [0.4, 0.5) is 0 Å². The van der Waals surface area contributed by atoms with Gasteiger partial charge in [0, 0.05) is 23.4 Å². The molecule has 3 aliphatic rings. The number of nitrogens with zero attached hydrogens (tertiary/aromatic N) is 2. The van der Waals surface area contributed by atoms with Crippen molar-refractivity contribution in [3.05, 3.63) is 28.9 Å². The van der Waals surface area contributed by atoms with Crippen molar-refractivity contribution in [3.8, 4) is 11.8 Å². The van der Waals surface area contributed by atoms with E-state index in [9.17, 15) is 19.6 Å². The molecule has 0 bridgehead atoms. The molecule has 2 saturated heterocycles. The topological polar surface area (TPSA) is 127 Å². The highest BCUT2D eigenvalue weighted by atomic mass is 35.5. The summed E-state index contributed by atoms with van der Waals surface area (Å²) >= 11 is 6.40. The highest BCUT2D eigenvalue weighted by molar-refractivity contribution is 6.35. The minimum atomic E-state index is -0.821. The number of rotatable bonds is 6. The van der Waals surface area contributed by atoms with E-state index in [1.54, 1.807) is 30.2 Å². The van der Waals surface area contributed by atoms with Crippen LogP contribution in [0.2, 0.25) is 5.02 Å². The van der Waals surface area contributed by atoms with Gasteiger partial charge in [-0.2, -0.15) is 5.26 Å². The number of carbonyl (C=O) groups is 3. The summed E-state index contributed by atoms with van der Waals surface area (Å²) in [5.41, 5.74) is 0.492. The number of carbonyl (C=O) groups excluding carboxylic acids is 3. The SMILES string of the molecule is COc1ccc(Cl)c2[nH]c(C(=O)N3CC4(CCCCC4)CC3C(=O)NC(C#N)CC3CC(C)(C)NC3=O)cc12. The molecule has 1 saturated carbocycles. The molecular weight excluding hydrogens is 518 g/mol. The Hall–Kier alpha value is -3.25. The molecule has 2 aromatic rings. The molecule has 1 spiro atoms. The molecule has 9 nitrogen and oxygen atoms in total. The molecule has 3 atom stereocenters. The van der Waals surface area contributed by atoms with E-state index in [-0.39, 0.29) is 41.0 Å². The first-order valence-corrected chi connectivity index (χ1v) is 14.1. The maximum atomic E-state index is 13.9. The average Bonchev–Trinajstić information content (AvgIpc) is 3.58. The number of H-pyrrole nitrogens is 1. The fourth-order valence-electron chi connectivity index (χ4n) is 6.86. The number of likely N-dealkylation sites (tertiary alicyclic amines) is 1. The number of aromatic amines is 1. The van der Waals surface area contributed by atoms with Crippen LogP contribution in [0.15, 0.2) is 18.2 Å². The van der Waals surface area contributed by atoms with Crippen molar-refractivity contribution in [2.75, 3.05) is 13.7 Å². The van der Waals surface area contributed by atoms with E-state index >= 15 is 0 Å². The van der Waals surface area contributed by atoms with Gasteiger partial charge in [-0.1, -0.05) is 30.9 Å². The number of amides is 3. The van der Waals surface area contributed by atoms with E-state index in [2.05, 4.69) is 21.7 Å². The van der Waals surface area contributed by atoms with Gasteiger partial charge >= 0.3 is 0 Å². The van der Waals surface area contributed by atoms with Gasteiger partial charge in [0.1, 0.15) is 23.5 Å². The number of benzene rings is 1. The molecule has 208 valence electrons. The number of methoxy groups -OCH3 is 1. The van der Waals surface area contributed by atoms with Crippen LogP contribution in [0.3, 0.4) is 0 Å². The second-order valence-corrected chi connectivity index (χ2v) is 12.5. The number of fused-ring (bicyclic) bond motifs is 1. The molecule has 0 radical (unpaired) electrons. The molecule has 3 fully saturated rings. The number of ether oxygens (including phenoxy) is 1. The van der Waals surface area contributed by atoms with E-state index in [0.29, 0.717) is 46.8 Å². The van der Waals surface area contributed by atoms with Gasteiger partial charge in [0.05, 0.1) is 23.7 Å². The van der Waals surface area contributed by atoms with Crippen molar-refractivity contribution in [1.29, 1.82) is 5.26 Å². The third-order valence-corrected chi connectivity index (χ3v) is 9.04. The summed E-state index contributed by atoms with van der Waals surface area (Å²) in [7, 11) is 1.56. The molecule has 10 heteroatoms. The molecular formula is C29H36ClN5O4. The summed E-state index contributed by atoms with van der Waals surface area (Å²) in [5.74, 6) is -0.470. The first-order chi connectivity index (χ1) is 18.5. The molecule has 39 heavy (non-hydrogen) atoms. The summed E-state index contributed by atoms with van der Waals surface area (Å²) in [6.45, 7) is 4.38. The van der Waals surface area contributed by atoms with Gasteiger partial charge in [-0.05, 0) is 69.6 Å². The van der Waals surface area contributed by atoms with Crippen molar-refractivity contribution < 1.29 is 19.1 Å². The van der Waals surface area contributed by atoms with Gasteiger partial charge in [-0.15, -0.1) is 0 Å². The number of aromatic nitrogens is 1. The number of halogens is 1. The van der Waals surface area contributed by atoms with E-state index in [1.165, 1.54) is 0 Å². The lowest BCUT2D eigenvalue weighted by Gasteiger charge is -2.32. The number of nitriles is 1. The van der Waals surface area contributed by atoms with Crippen molar-refractivity contribution in [2.45, 2.75) is 82.8 Å². The molecule has 3 unspecified atom stereocenters. The Bertz CT molecular complexity index is 1340. The standard InChI is InChI=1S/C29H36ClN5O4/c1-28(2)13-17(25(36)34-28)11-18(15-31)32-26(37)22-14-29(9-5-4-6-10-29)16-35(22)27(38)21-12-19-23(39-3)8-7-20(30)24(19)33-21/h7-8,12,17-18,22,33H,4-6,9-11,13-14,16H2,1-3H3,(H,32,37)(H,34,36). The Morgan fingerprint density at radius 2 is 2.00 bits per heavy atom. The maximum Gasteiger partial charge on any atom is 0.271 e. The summed E-state index contributed by atoms with van der Waals surface area (Å²) in [5, 5.41) is 16.8.